The second-order valence-electron chi connectivity index (χ2n) is 6.60. The van der Waals surface area contributed by atoms with E-state index in [-0.39, 0.29) is 13.2 Å². The summed E-state index contributed by atoms with van der Waals surface area (Å²) in [5, 5.41) is 3.33. The first kappa shape index (κ1) is 22.0. The number of hydrogen-bond donors (Lipinski definition) is 1. The Morgan fingerprint density at radius 3 is 2.36 bits per heavy atom. The number of ether oxygens (including phenoxy) is 1. The lowest BCUT2D eigenvalue weighted by Gasteiger charge is -2.28. The topological polar surface area (TPSA) is 75.7 Å². The molecule has 28 heavy (non-hydrogen) atoms. The number of anilines is 1. The molecule has 1 amide bonds. The molecular formula is C20H25ClN2O4S. The number of benzene rings is 2. The van der Waals surface area contributed by atoms with E-state index in [9.17, 15) is 13.2 Å². The Hall–Kier alpha value is -2.25. The molecule has 0 fully saturated rings. The average molecular weight is 425 g/mol. The number of carbonyl (C=O) groups is 1. The Kier molecular flexibility index (Phi) is 7.32. The fraction of sp³-hybridized carbons (Fsp3) is 0.350. The lowest BCUT2D eigenvalue weighted by atomic mass is 10.1. The summed E-state index contributed by atoms with van der Waals surface area (Å²) in [6.45, 7) is 5.91. The van der Waals surface area contributed by atoms with E-state index in [0.717, 1.165) is 21.7 Å². The largest absolute Gasteiger partial charge is 0.492 e. The minimum atomic E-state index is -3.64. The van der Waals surface area contributed by atoms with Gasteiger partial charge in [-0.1, -0.05) is 17.7 Å². The predicted octanol–water partition coefficient (Wildman–Crippen LogP) is 3.31. The van der Waals surface area contributed by atoms with Gasteiger partial charge < -0.3 is 10.1 Å². The zero-order valence-corrected chi connectivity index (χ0v) is 18.0. The van der Waals surface area contributed by atoms with Gasteiger partial charge >= 0.3 is 0 Å². The van der Waals surface area contributed by atoms with Crippen LogP contribution in [0.25, 0.3) is 0 Å². The normalized spacial score (nSPS) is 12.3. The predicted molar refractivity (Wildman–Crippen MR) is 113 cm³/mol. The Morgan fingerprint density at radius 1 is 1.14 bits per heavy atom. The third-order valence-corrected chi connectivity index (χ3v) is 5.81. The third-order valence-electron chi connectivity index (χ3n) is 4.32. The Morgan fingerprint density at radius 2 is 1.79 bits per heavy atom. The highest BCUT2D eigenvalue weighted by Gasteiger charge is 2.29. The summed E-state index contributed by atoms with van der Waals surface area (Å²) in [5.41, 5.74) is 2.47. The zero-order chi connectivity index (χ0) is 20.9. The molecule has 6 nitrogen and oxygen atoms in total. The minimum absolute atomic E-state index is 0.246. The fourth-order valence-electron chi connectivity index (χ4n) is 2.69. The van der Waals surface area contributed by atoms with E-state index in [1.54, 1.807) is 43.3 Å². The average Bonchev–Trinajstić information content (AvgIpc) is 2.62. The highest BCUT2D eigenvalue weighted by molar-refractivity contribution is 7.92. The molecule has 0 aliphatic rings. The smallest absolute Gasteiger partial charge is 0.243 e. The number of rotatable bonds is 8. The van der Waals surface area contributed by atoms with Crippen molar-refractivity contribution in [1.29, 1.82) is 0 Å². The lowest BCUT2D eigenvalue weighted by molar-refractivity contribution is -0.121. The van der Waals surface area contributed by atoms with Gasteiger partial charge in [0.05, 0.1) is 18.5 Å². The molecule has 1 atom stereocenters. The van der Waals surface area contributed by atoms with Gasteiger partial charge in [-0.25, -0.2) is 8.42 Å². The van der Waals surface area contributed by atoms with Crippen molar-refractivity contribution in [3.63, 3.8) is 0 Å². The van der Waals surface area contributed by atoms with Gasteiger partial charge in [0.1, 0.15) is 18.4 Å². The summed E-state index contributed by atoms with van der Waals surface area (Å²) in [5.74, 6) is 0.239. The van der Waals surface area contributed by atoms with Crippen molar-refractivity contribution < 1.29 is 17.9 Å². The Bertz CT molecular complexity index is 930. The molecule has 152 valence electrons. The standard InChI is InChI=1S/C20H25ClN2O4S/c1-14-5-8-18(13-15(14)2)23(28(4,25)26)16(3)20(24)22-11-12-27-19-9-6-17(21)7-10-19/h5-10,13,16H,11-12H2,1-4H3,(H,22,24). The van der Waals surface area contributed by atoms with Crippen molar-refractivity contribution in [2.75, 3.05) is 23.7 Å². The van der Waals surface area contributed by atoms with Crippen molar-refractivity contribution in [2.24, 2.45) is 0 Å². The molecule has 8 heteroatoms. The number of hydrogen-bond acceptors (Lipinski definition) is 4. The highest BCUT2D eigenvalue weighted by atomic mass is 35.5. The second kappa shape index (κ2) is 9.30. The van der Waals surface area contributed by atoms with E-state index in [2.05, 4.69) is 5.32 Å². The summed E-state index contributed by atoms with van der Waals surface area (Å²) >= 11 is 5.82. The van der Waals surface area contributed by atoms with Crippen LogP contribution in [0.5, 0.6) is 5.75 Å². The van der Waals surface area contributed by atoms with Crippen molar-refractivity contribution in [1.82, 2.24) is 5.32 Å². The summed E-state index contributed by atoms with van der Waals surface area (Å²) in [7, 11) is -3.64. The number of sulfonamides is 1. The van der Waals surface area contributed by atoms with Crippen LogP contribution in [-0.4, -0.2) is 39.8 Å². The van der Waals surface area contributed by atoms with Crippen LogP contribution in [0, 0.1) is 13.8 Å². The molecule has 0 radical (unpaired) electrons. The van der Waals surface area contributed by atoms with Gasteiger partial charge in [-0.3, -0.25) is 9.10 Å². The molecule has 0 saturated heterocycles. The zero-order valence-electron chi connectivity index (χ0n) is 16.4. The van der Waals surface area contributed by atoms with Crippen LogP contribution in [-0.2, 0) is 14.8 Å². The van der Waals surface area contributed by atoms with Crippen LogP contribution in [0.4, 0.5) is 5.69 Å². The van der Waals surface area contributed by atoms with Gasteiger partial charge in [-0.15, -0.1) is 0 Å². The van der Waals surface area contributed by atoms with Crippen LogP contribution in [0.1, 0.15) is 18.1 Å². The number of nitrogens with zero attached hydrogens (tertiary/aromatic N) is 1. The summed E-state index contributed by atoms with van der Waals surface area (Å²) in [6, 6.07) is 11.3. The third kappa shape index (κ3) is 5.87. The molecule has 0 saturated carbocycles. The number of amides is 1. The molecule has 0 aliphatic carbocycles. The quantitative estimate of drug-likeness (QED) is 0.659. The number of nitrogens with one attached hydrogen (secondary N) is 1. The molecule has 2 rings (SSSR count). The van der Waals surface area contributed by atoms with Crippen molar-refractivity contribution in [3.05, 3.63) is 58.6 Å². The van der Waals surface area contributed by atoms with Gasteiger partial charge in [0.15, 0.2) is 0 Å². The molecule has 1 unspecified atom stereocenters. The van der Waals surface area contributed by atoms with Crippen molar-refractivity contribution >= 4 is 33.2 Å². The second-order valence-corrected chi connectivity index (χ2v) is 8.89. The van der Waals surface area contributed by atoms with Gasteiger partial charge in [0, 0.05) is 5.02 Å². The van der Waals surface area contributed by atoms with Gasteiger partial charge in [-0.05, 0) is 68.3 Å². The molecule has 0 aromatic heterocycles. The van der Waals surface area contributed by atoms with Crippen LogP contribution in [0.2, 0.25) is 5.02 Å². The van der Waals surface area contributed by atoms with E-state index < -0.39 is 22.0 Å². The Balaban J connectivity index is 2.01. The lowest BCUT2D eigenvalue weighted by Crippen LogP contribution is -2.48. The first-order chi connectivity index (χ1) is 13.1. The van der Waals surface area contributed by atoms with Gasteiger partial charge in [0.2, 0.25) is 15.9 Å². The van der Waals surface area contributed by atoms with Crippen LogP contribution < -0.4 is 14.4 Å². The molecule has 0 aliphatic heterocycles. The van der Waals surface area contributed by atoms with E-state index in [0.29, 0.717) is 16.5 Å². The van der Waals surface area contributed by atoms with Crippen LogP contribution >= 0.6 is 11.6 Å². The maximum Gasteiger partial charge on any atom is 0.243 e. The molecule has 2 aromatic carbocycles. The molecular weight excluding hydrogens is 400 g/mol. The van der Waals surface area contributed by atoms with Gasteiger partial charge in [-0.2, -0.15) is 0 Å². The molecule has 0 spiro atoms. The fourth-order valence-corrected chi connectivity index (χ4v) is 3.99. The molecule has 0 heterocycles. The number of halogens is 1. The molecule has 0 bridgehead atoms. The maximum absolute atomic E-state index is 12.5. The van der Waals surface area contributed by atoms with E-state index >= 15 is 0 Å². The first-order valence-corrected chi connectivity index (χ1v) is 11.0. The highest BCUT2D eigenvalue weighted by Crippen LogP contribution is 2.23. The Labute approximate surface area is 171 Å². The maximum atomic E-state index is 12.5. The summed E-state index contributed by atoms with van der Waals surface area (Å²) in [4.78, 5) is 12.5. The monoisotopic (exact) mass is 424 g/mol. The van der Waals surface area contributed by atoms with E-state index in [1.807, 2.05) is 19.9 Å². The van der Waals surface area contributed by atoms with Crippen molar-refractivity contribution in [3.8, 4) is 5.75 Å². The summed E-state index contributed by atoms with van der Waals surface area (Å²) < 4.78 is 31.3. The van der Waals surface area contributed by atoms with Crippen LogP contribution in [0.3, 0.4) is 0 Å². The molecule has 2 aromatic rings. The van der Waals surface area contributed by atoms with Gasteiger partial charge in [0.25, 0.3) is 0 Å². The number of carbonyl (C=O) groups excluding carboxylic acids is 1. The number of aryl methyl sites for hydroxylation is 2. The van der Waals surface area contributed by atoms with E-state index in [1.165, 1.54) is 0 Å². The van der Waals surface area contributed by atoms with E-state index in [4.69, 9.17) is 16.3 Å². The molecule has 1 N–H and O–H groups in total. The minimum Gasteiger partial charge on any atom is -0.492 e. The summed E-state index contributed by atoms with van der Waals surface area (Å²) in [6.07, 6.45) is 1.09. The van der Waals surface area contributed by atoms with Crippen LogP contribution in [0.15, 0.2) is 42.5 Å². The van der Waals surface area contributed by atoms with Crippen molar-refractivity contribution in [2.45, 2.75) is 26.8 Å². The first-order valence-electron chi connectivity index (χ1n) is 8.82. The SMILES string of the molecule is Cc1ccc(N(C(C)C(=O)NCCOc2ccc(Cl)cc2)S(C)(=O)=O)cc1C.